The van der Waals surface area contributed by atoms with Gasteiger partial charge in [0.05, 0.1) is 12.2 Å². The average Bonchev–Trinajstić information content (AvgIpc) is 2.94. The van der Waals surface area contributed by atoms with Gasteiger partial charge < -0.3 is 15.0 Å². The summed E-state index contributed by atoms with van der Waals surface area (Å²) in [6.07, 6.45) is 5.46. The van der Waals surface area contributed by atoms with Crippen LogP contribution in [0.1, 0.15) is 30.5 Å². The minimum atomic E-state index is 0. The van der Waals surface area contributed by atoms with Crippen molar-refractivity contribution in [3.05, 3.63) is 29.6 Å². The summed E-state index contributed by atoms with van der Waals surface area (Å²) < 4.78 is 5.52. The van der Waals surface area contributed by atoms with Crippen LogP contribution in [-0.2, 0) is 11.3 Å². The Morgan fingerprint density at radius 1 is 1.39 bits per heavy atom. The smallest absolute Gasteiger partial charge is 0.193 e. The third kappa shape index (κ3) is 4.35. The number of hydrogen-bond acceptors (Lipinski definition) is 3. The highest BCUT2D eigenvalue weighted by atomic mass is 127. The highest BCUT2D eigenvalue weighted by molar-refractivity contribution is 14.0. The average molecular weight is 430 g/mol. The predicted octanol–water partition coefficient (Wildman–Crippen LogP) is 2.59. The molecule has 0 radical (unpaired) electrons. The molecule has 128 valence electrons. The molecule has 0 aromatic carbocycles. The van der Waals surface area contributed by atoms with Gasteiger partial charge in [-0.3, -0.25) is 9.98 Å². The van der Waals surface area contributed by atoms with Crippen molar-refractivity contribution in [2.75, 3.05) is 33.4 Å². The quantitative estimate of drug-likeness (QED) is 0.445. The Kier molecular flexibility index (Phi) is 6.64. The summed E-state index contributed by atoms with van der Waals surface area (Å²) in [6, 6.07) is 4.07. The Morgan fingerprint density at radius 2 is 2.17 bits per heavy atom. The van der Waals surface area contributed by atoms with Gasteiger partial charge in [-0.2, -0.15) is 0 Å². The van der Waals surface area contributed by atoms with Crippen molar-refractivity contribution < 1.29 is 4.74 Å². The van der Waals surface area contributed by atoms with E-state index in [0.717, 1.165) is 44.5 Å². The number of hydrogen-bond donors (Lipinski definition) is 1. The number of rotatable bonds is 2. The van der Waals surface area contributed by atoms with Gasteiger partial charge in [0.2, 0.25) is 0 Å². The second-order valence-corrected chi connectivity index (χ2v) is 6.45. The topological polar surface area (TPSA) is 49.8 Å². The number of nitrogens with one attached hydrogen (secondary N) is 1. The van der Waals surface area contributed by atoms with E-state index in [4.69, 9.17) is 4.74 Å². The molecule has 2 fully saturated rings. The molecule has 3 rings (SSSR count). The molecule has 0 atom stereocenters. The summed E-state index contributed by atoms with van der Waals surface area (Å²) in [5.74, 6) is 0.994. The van der Waals surface area contributed by atoms with Crippen LogP contribution in [0.3, 0.4) is 0 Å². The number of pyridine rings is 1. The Hall–Kier alpha value is -0.890. The molecule has 1 spiro atoms. The third-order valence-corrected chi connectivity index (χ3v) is 5.03. The molecular formula is C17H27IN4O. The summed E-state index contributed by atoms with van der Waals surface area (Å²) in [4.78, 5) is 11.3. The lowest BCUT2D eigenvalue weighted by molar-refractivity contribution is 0.0217. The lowest BCUT2D eigenvalue weighted by atomic mass is 9.80. The fraction of sp³-hybridized carbons (Fsp3) is 0.647. The SMILES string of the molecule is CN=C(NCc1ncccc1C)N1CCC2(CCOCC2)C1.I. The van der Waals surface area contributed by atoms with Gasteiger partial charge in [-0.1, -0.05) is 6.07 Å². The molecule has 0 aliphatic carbocycles. The molecule has 0 amide bonds. The number of guanidine groups is 1. The van der Waals surface area contributed by atoms with Crippen LogP contribution in [0.15, 0.2) is 23.3 Å². The van der Waals surface area contributed by atoms with E-state index in [2.05, 4.69) is 33.2 Å². The van der Waals surface area contributed by atoms with Crippen LogP contribution in [0.4, 0.5) is 0 Å². The second-order valence-electron chi connectivity index (χ2n) is 6.45. The molecule has 2 saturated heterocycles. The highest BCUT2D eigenvalue weighted by Crippen LogP contribution is 2.39. The Balaban J connectivity index is 0.00000192. The van der Waals surface area contributed by atoms with Crippen molar-refractivity contribution in [2.24, 2.45) is 10.4 Å². The first-order chi connectivity index (χ1) is 10.7. The van der Waals surface area contributed by atoms with Crippen LogP contribution < -0.4 is 5.32 Å². The summed E-state index contributed by atoms with van der Waals surface area (Å²) in [5, 5.41) is 3.47. The molecule has 0 saturated carbocycles. The molecule has 1 N–H and O–H groups in total. The van der Waals surface area contributed by atoms with Crippen LogP contribution in [0.5, 0.6) is 0 Å². The van der Waals surface area contributed by atoms with Crippen molar-refractivity contribution >= 4 is 29.9 Å². The first-order valence-electron chi connectivity index (χ1n) is 8.16. The maximum absolute atomic E-state index is 5.52. The van der Waals surface area contributed by atoms with E-state index in [9.17, 15) is 0 Å². The standard InChI is InChI=1S/C17H26N4O.HI/c1-14-4-3-8-19-15(14)12-20-16(18-2)21-9-5-17(13-21)6-10-22-11-7-17;/h3-4,8H,5-7,9-13H2,1-2H3,(H,18,20);1H. The predicted molar refractivity (Wildman–Crippen MR) is 103 cm³/mol. The first-order valence-corrected chi connectivity index (χ1v) is 8.16. The fourth-order valence-corrected chi connectivity index (χ4v) is 3.53. The van der Waals surface area contributed by atoms with Crippen LogP contribution in [0.2, 0.25) is 0 Å². The summed E-state index contributed by atoms with van der Waals surface area (Å²) >= 11 is 0. The Bertz CT molecular complexity index is 543. The molecule has 1 aromatic rings. The monoisotopic (exact) mass is 430 g/mol. The van der Waals surface area contributed by atoms with E-state index in [1.165, 1.54) is 24.8 Å². The van der Waals surface area contributed by atoms with Gasteiger partial charge in [-0.25, -0.2) is 0 Å². The molecule has 23 heavy (non-hydrogen) atoms. The molecule has 1 aromatic heterocycles. The number of nitrogens with zero attached hydrogens (tertiary/aromatic N) is 3. The van der Waals surface area contributed by atoms with Gasteiger partial charge in [0.25, 0.3) is 0 Å². The molecule has 3 heterocycles. The number of aliphatic imine (C=N–C) groups is 1. The summed E-state index contributed by atoms with van der Waals surface area (Å²) in [5.41, 5.74) is 2.74. The normalized spacial score (nSPS) is 20.4. The highest BCUT2D eigenvalue weighted by Gasteiger charge is 2.40. The summed E-state index contributed by atoms with van der Waals surface area (Å²) in [6.45, 7) is 6.82. The number of aryl methyl sites for hydroxylation is 1. The lowest BCUT2D eigenvalue weighted by Gasteiger charge is -2.33. The van der Waals surface area contributed by atoms with Crippen molar-refractivity contribution in [2.45, 2.75) is 32.7 Å². The Morgan fingerprint density at radius 3 is 2.87 bits per heavy atom. The van der Waals surface area contributed by atoms with Crippen molar-refractivity contribution in [1.29, 1.82) is 0 Å². The number of ether oxygens (including phenoxy) is 1. The molecule has 0 unspecified atom stereocenters. The molecule has 6 heteroatoms. The maximum atomic E-state index is 5.52. The number of likely N-dealkylation sites (tertiary alicyclic amines) is 1. The van der Waals surface area contributed by atoms with Gasteiger partial charge in [0.15, 0.2) is 5.96 Å². The third-order valence-electron chi connectivity index (χ3n) is 5.03. The largest absolute Gasteiger partial charge is 0.381 e. The van der Waals surface area contributed by atoms with Gasteiger partial charge >= 0.3 is 0 Å². The van der Waals surface area contributed by atoms with Crippen LogP contribution in [0, 0.1) is 12.3 Å². The van der Waals surface area contributed by atoms with Gasteiger partial charge in [0, 0.05) is 39.5 Å². The van der Waals surface area contributed by atoms with Gasteiger partial charge in [-0.05, 0) is 43.2 Å². The zero-order valence-electron chi connectivity index (χ0n) is 14.0. The maximum Gasteiger partial charge on any atom is 0.193 e. The minimum absolute atomic E-state index is 0. The van der Waals surface area contributed by atoms with Crippen molar-refractivity contribution in [1.82, 2.24) is 15.2 Å². The minimum Gasteiger partial charge on any atom is -0.381 e. The van der Waals surface area contributed by atoms with E-state index in [1.54, 1.807) is 0 Å². The van der Waals surface area contributed by atoms with E-state index in [0.29, 0.717) is 5.41 Å². The van der Waals surface area contributed by atoms with Crippen LogP contribution in [0.25, 0.3) is 0 Å². The molecular weight excluding hydrogens is 403 g/mol. The van der Waals surface area contributed by atoms with E-state index in [1.807, 2.05) is 19.3 Å². The molecule has 2 aliphatic heterocycles. The van der Waals surface area contributed by atoms with Crippen LogP contribution in [-0.4, -0.2) is 49.2 Å². The van der Waals surface area contributed by atoms with Gasteiger partial charge in [0.1, 0.15) is 0 Å². The number of halogens is 1. The zero-order chi connectivity index (χ0) is 15.4. The lowest BCUT2D eigenvalue weighted by Crippen LogP contribution is -2.42. The number of aromatic nitrogens is 1. The zero-order valence-corrected chi connectivity index (χ0v) is 16.4. The molecule has 2 aliphatic rings. The molecule has 5 nitrogen and oxygen atoms in total. The fourth-order valence-electron chi connectivity index (χ4n) is 3.53. The summed E-state index contributed by atoms with van der Waals surface area (Å²) in [7, 11) is 1.86. The van der Waals surface area contributed by atoms with Crippen molar-refractivity contribution in [3.63, 3.8) is 0 Å². The second kappa shape index (κ2) is 8.28. The van der Waals surface area contributed by atoms with Crippen LogP contribution >= 0.6 is 24.0 Å². The van der Waals surface area contributed by atoms with Crippen molar-refractivity contribution in [3.8, 4) is 0 Å². The molecule has 0 bridgehead atoms. The van der Waals surface area contributed by atoms with E-state index < -0.39 is 0 Å². The Labute approximate surface area is 155 Å². The van der Waals surface area contributed by atoms with Gasteiger partial charge in [-0.15, -0.1) is 24.0 Å². The first kappa shape index (κ1) is 18.4. The van der Waals surface area contributed by atoms with E-state index >= 15 is 0 Å². The van der Waals surface area contributed by atoms with E-state index in [-0.39, 0.29) is 24.0 Å².